The summed E-state index contributed by atoms with van der Waals surface area (Å²) in [6, 6.07) is 1.71. The van der Waals surface area contributed by atoms with E-state index in [0.717, 1.165) is 5.69 Å². The zero-order valence-corrected chi connectivity index (χ0v) is 13.0. The first-order chi connectivity index (χ1) is 10.8. The first-order valence-corrected chi connectivity index (χ1v) is 7.53. The van der Waals surface area contributed by atoms with Gasteiger partial charge < -0.3 is 9.64 Å². The highest BCUT2D eigenvalue weighted by molar-refractivity contribution is 5.92. The molecule has 1 aromatic rings. The Bertz CT molecular complexity index is 510. The van der Waals surface area contributed by atoms with Gasteiger partial charge in [0.2, 0.25) is 0 Å². The highest BCUT2D eigenvalue weighted by Crippen LogP contribution is 2.14. The lowest BCUT2D eigenvalue weighted by molar-refractivity contribution is -0.174. The molecule has 0 radical (unpaired) electrons. The maximum absolute atomic E-state index is 12.2. The number of halogens is 3. The summed E-state index contributed by atoms with van der Waals surface area (Å²) >= 11 is 0. The molecule has 0 bridgehead atoms. The number of hydrogen-bond acceptors (Lipinski definition) is 4. The average molecular weight is 334 g/mol. The zero-order chi connectivity index (χ0) is 16.9. The molecule has 1 aromatic heterocycles. The number of carbonyl (C=O) groups excluding carboxylic acids is 1. The number of H-pyrrole nitrogens is 1. The normalized spacial score (nSPS) is 16.8. The van der Waals surface area contributed by atoms with Gasteiger partial charge in [0.1, 0.15) is 12.3 Å². The Kier molecular flexibility index (Phi) is 6.00. The van der Waals surface area contributed by atoms with E-state index in [1.165, 1.54) is 0 Å². The minimum Gasteiger partial charge on any atom is -0.372 e. The van der Waals surface area contributed by atoms with Crippen molar-refractivity contribution in [3.05, 3.63) is 17.5 Å². The number of carbonyl (C=O) groups is 1. The average Bonchev–Trinajstić information content (AvgIpc) is 2.92. The van der Waals surface area contributed by atoms with Gasteiger partial charge in [-0.05, 0) is 19.4 Å². The van der Waals surface area contributed by atoms with Crippen LogP contribution in [0.3, 0.4) is 0 Å². The van der Waals surface area contributed by atoms with Crippen molar-refractivity contribution in [1.82, 2.24) is 20.0 Å². The highest BCUT2D eigenvalue weighted by Gasteiger charge is 2.27. The number of rotatable bonds is 6. The van der Waals surface area contributed by atoms with Gasteiger partial charge in [-0.15, -0.1) is 0 Å². The monoisotopic (exact) mass is 334 g/mol. The molecule has 0 unspecified atom stereocenters. The second-order valence-electron chi connectivity index (χ2n) is 5.59. The SMILES string of the molecule is Cc1cc(C(=O)N2CCN(CCCOCC(F)(F)F)CC2)n[nH]1. The molecule has 0 atom stereocenters. The summed E-state index contributed by atoms with van der Waals surface area (Å²) < 4.78 is 40.3. The summed E-state index contributed by atoms with van der Waals surface area (Å²) in [5.41, 5.74) is 1.25. The fourth-order valence-corrected chi connectivity index (χ4v) is 2.44. The third kappa shape index (κ3) is 5.83. The molecule has 130 valence electrons. The van der Waals surface area contributed by atoms with E-state index in [9.17, 15) is 18.0 Å². The zero-order valence-electron chi connectivity index (χ0n) is 13.0. The fraction of sp³-hybridized carbons (Fsp3) is 0.714. The molecular weight excluding hydrogens is 313 g/mol. The van der Waals surface area contributed by atoms with Gasteiger partial charge in [0.15, 0.2) is 0 Å². The molecule has 0 aromatic carbocycles. The number of amides is 1. The van der Waals surface area contributed by atoms with Crippen LogP contribution in [0.15, 0.2) is 6.07 Å². The number of nitrogens with zero attached hydrogens (tertiary/aromatic N) is 3. The Morgan fingerprint density at radius 2 is 2.04 bits per heavy atom. The number of hydrogen-bond donors (Lipinski definition) is 1. The van der Waals surface area contributed by atoms with E-state index >= 15 is 0 Å². The van der Waals surface area contributed by atoms with E-state index in [0.29, 0.717) is 44.8 Å². The molecule has 2 rings (SSSR count). The van der Waals surface area contributed by atoms with Crippen molar-refractivity contribution in [3.8, 4) is 0 Å². The minimum absolute atomic E-state index is 0.0885. The summed E-state index contributed by atoms with van der Waals surface area (Å²) in [7, 11) is 0. The Morgan fingerprint density at radius 3 is 2.61 bits per heavy atom. The lowest BCUT2D eigenvalue weighted by atomic mass is 10.2. The number of alkyl halides is 3. The van der Waals surface area contributed by atoms with E-state index in [4.69, 9.17) is 0 Å². The predicted molar refractivity (Wildman–Crippen MR) is 77.2 cm³/mol. The van der Waals surface area contributed by atoms with Crippen LogP contribution in [-0.2, 0) is 4.74 Å². The molecule has 2 heterocycles. The van der Waals surface area contributed by atoms with Gasteiger partial charge in [0.05, 0.1) is 0 Å². The highest BCUT2D eigenvalue weighted by atomic mass is 19.4. The minimum atomic E-state index is -4.27. The van der Waals surface area contributed by atoms with E-state index in [-0.39, 0.29) is 12.5 Å². The molecule has 1 N–H and O–H groups in total. The molecule has 9 heteroatoms. The van der Waals surface area contributed by atoms with Crippen LogP contribution in [0.4, 0.5) is 13.2 Å². The van der Waals surface area contributed by atoms with Crippen LogP contribution < -0.4 is 0 Å². The van der Waals surface area contributed by atoms with Crippen molar-refractivity contribution in [3.63, 3.8) is 0 Å². The Balaban J connectivity index is 1.63. The van der Waals surface area contributed by atoms with Crippen LogP contribution in [0.2, 0.25) is 0 Å². The largest absolute Gasteiger partial charge is 0.411 e. The fourth-order valence-electron chi connectivity index (χ4n) is 2.44. The van der Waals surface area contributed by atoms with Crippen LogP contribution in [0.5, 0.6) is 0 Å². The van der Waals surface area contributed by atoms with Gasteiger partial charge in [0, 0.05) is 45.0 Å². The number of piperazine rings is 1. The summed E-state index contributed by atoms with van der Waals surface area (Å²) in [5.74, 6) is -0.0949. The molecule has 0 spiro atoms. The summed E-state index contributed by atoms with van der Waals surface area (Å²) in [5, 5.41) is 6.71. The van der Waals surface area contributed by atoms with E-state index in [2.05, 4.69) is 19.8 Å². The standard InChI is InChI=1S/C14H21F3N4O2/c1-11-9-12(19-18-11)13(22)21-6-4-20(5-7-21)3-2-8-23-10-14(15,16)17/h9H,2-8,10H2,1H3,(H,18,19). The van der Waals surface area contributed by atoms with Crippen molar-refractivity contribution in [1.29, 1.82) is 0 Å². The van der Waals surface area contributed by atoms with Crippen LogP contribution in [-0.4, -0.2) is 78.0 Å². The van der Waals surface area contributed by atoms with E-state index < -0.39 is 12.8 Å². The molecule has 1 aliphatic heterocycles. The Morgan fingerprint density at radius 1 is 1.35 bits per heavy atom. The Hall–Kier alpha value is -1.61. The van der Waals surface area contributed by atoms with Gasteiger partial charge >= 0.3 is 6.18 Å². The van der Waals surface area contributed by atoms with Crippen LogP contribution in [0.1, 0.15) is 22.6 Å². The predicted octanol–water partition coefficient (Wildman–Crippen LogP) is 1.44. The van der Waals surface area contributed by atoms with Gasteiger partial charge in [0.25, 0.3) is 5.91 Å². The second-order valence-corrected chi connectivity index (χ2v) is 5.59. The molecule has 0 saturated carbocycles. The molecule has 23 heavy (non-hydrogen) atoms. The first kappa shape index (κ1) is 17.7. The molecule has 0 aliphatic carbocycles. The van der Waals surface area contributed by atoms with Crippen molar-refractivity contribution >= 4 is 5.91 Å². The summed E-state index contributed by atoms with van der Waals surface area (Å²) in [6.07, 6.45) is -3.72. The summed E-state index contributed by atoms with van der Waals surface area (Å²) in [6.45, 7) is 3.98. The van der Waals surface area contributed by atoms with Gasteiger partial charge in [-0.2, -0.15) is 18.3 Å². The Labute approximate surface area is 132 Å². The third-order valence-electron chi connectivity index (χ3n) is 3.61. The molecule has 6 nitrogen and oxygen atoms in total. The van der Waals surface area contributed by atoms with Crippen LogP contribution in [0.25, 0.3) is 0 Å². The number of aromatic amines is 1. The summed E-state index contributed by atoms with van der Waals surface area (Å²) in [4.78, 5) is 16.1. The van der Waals surface area contributed by atoms with E-state index in [1.54, 1.807) is 11.0 Å². The number of ether oxygens (including phenoxy) is 1. The lowest BCUT2D eigenvalue weighted by Crippen LogP contribution is -2.49. The molecule has 1 saturated heterocycles. The van der Waals surface area contributed by atoms with Crippen molar-refractivity contribution in [2.24, 2.45) is 0 Å². The number of aromatic nitrogens is 2. The van der Waals surface area contributed by atoms with Crippen molar-refractivity contribution in [2.45, 2.75) is 19.5 Å². The topological polar surface area (TPSA) is 61.5 Å². The van der Waals surface area contributed by atoms with Crippen molar-refractivity contribution < 1.29 is 22.7 Å². The second kappa shape index (κ2) is 7.78. The van der Waals surface area contributed by atoms with Crippen LogP contribution in [0, 0.1) is 6.92 Å². The maximum Gasteiger partial charge on any atom is 0.411 e. The quantitative estimate of drug-likeness (QED) is 0.800. The number of nitrogens with one attached hydrogen (secondary N) is 1. The van der Waals surface area contributed by atoms with E-state index in [1.807, 2.05) is 6.92 Å². The third-order valence-corrected chi connectivity index (χ3v) is 3.61. The van der Waals surface area contributed by atoms with Crippen molar-refractivity contribution in [2.75, 3.05) is 45.9 Å². The lowest BCUT2D eigenvalue weighted by Gasteiger charge is -2.34. The number of aryl methyl sites for hydroxylation is 1. The first-order valence-electron chi connectivity index (χ1n) is 7.53. The van der Waals surface area contributed by atoms with Crippen LogP contribution >= 0.6 is 0 Å². The maximum atomic E-state index is 12.2. The van der Waals surface area contributed by atoms with Gasteiger partial charge in [-0.1, -0.05) is 0 Å². The van der Waals surface area contributed by atoms with Gasteiger partial charge in [-0.25, -0.2) is 0 Å². The molecular formula is C14H21F3N4O2. The van der Waals surface area contributed by atoms with Gasteiger partial charge in [-0.3, -0.25) is 14.8 Å². The molecule has 1 amide bonds. The smallest absolute Gasteiger partial charge is 0.372 e. The molecule has 1 fully saturated rings. The molecule has 1 aliphatic rings.